The third kappa shape index (κ3) is 3.11. The zero-order valence-corrected chi connectivity index (χ0v) is 15.9. The number of benzene rings is 2. The van der Waals surface area contributed by atoms with Crippen molar-refractivity contribution >= 4 is 39.6 Å². The van der Waals surface area contributed by atoms with Crippen molar-refractivity contribution in [3.05, 3.63) is 79.4 Å². The van der Waals surface area contributed by atoms with Crippen LogP contribution in [-0.4, -0.2) is 10.3 Å². The Hall–Kier alpha value is -3.28. The molecule has 1 aliphatic rings. The SMILES string of the molecule is C/C(=N\Nc1cccc(Cl)c1)c1c(N=[N+]=[N-])c2cccc3c2n(c1=O)CCC3. The molecule has 0 aliphatic carbocycles. The van der Waals surface area contributed by atoms with Crippen LogP contribution in [0.3, 0.4) is 0 Å². The van der Waals surface area contributed by atoms with Crippen molar-refractivity contribution in [1.29, 1.82) is 0 Å². The van der Waals surface area contributed by atoms with Gasteiger partial charge in [0.25, 0.3) is 5.56 Å². The van der Waals surface area contributed by atoms with E-state index in [2.05, 4.69) is 20.6 Å². The second kappa shape index (κ2) is 7.38. The van der Waals surface area contributed by atoms with E-state index < -0.39 is 0 Å². The van der Waals surface area contributed by atoms with Gasteiger partial charge in [-0.15, -0.1) is 0 Å². The van der Waals surface area contributed by atoms with E-state index in [0.29, 0.717) is 34.2 Å². The fraction of sp³-hybridized carbons (Fsp3) is 0.200. The lowest BCUT2D eigenvalue weighted by Crippen LogP contribution is -2.29. The van der Waals surface area contributed by atoms with Crippen molar-refractivity contribution in [3.8, 4) is 0 Å². The Balaban J connectivity index is 1.92. The molecular formula is C20H17ClN6O. The molecule has 28 heavy (non-hydrogen) atoms. The largest absolute Gasteiger partial charge is 0.307 e. The van der Waals surface area contributed by atoms with Crippen LogP contribution in [0.25, 0.3) is 21.3 Å². The quantitative estimate of drug-likeness (QED) is 0.212. The van der Waals surface area contributed by atoms with Crippen LogP contribution in [0.2, 0.25) is 5.02 Å². The Bertz CT molecular complexity index is 1220. The minimum atomic E-state index is -0.198. The molecule has 7 nitrogen and oxygen atoms in total. The highest BCUT2D eigenvalue weighted by Crippen LogP contribution is 2.33. The normalized spacial score (nSPS) is 13.3. The van der Waals surface area contributed by atoms with E-state index in [1.807, 2.05) is 24.3 Å². The highest BCUT2D eigenvalue weighted by molar-refractivity contribution is 6.30. The molecule has 1 aromatic heterocycles. The maximum absolute atomic E-state index is 13.3. The second-order valence-corrected chi connectivity index (χ2v) is 7.04. The van der Waals surface area contributed by atoms with Crippen LogP contribution in [0, 0.1) is 0 Å². The van der Waals surface area contributed by atoms with Crippen LogP contribution >= 0.6 is 11.6 Å². The number of rotatable bonds is 4. The molecule has 0 bridgehead atoms. The summed E-state index contributed by atoms with van der Waals surface area (Å²) in [6.07, 6.45) is 1.79. The van der Waals surface area contributed by atoms with Gasteiger partial charge in [-0.3, -0.25) is 10.2 Å². The summed E-state index contributed by atoms with van der Waals surface area (Å²) >= 11 is 6.00. The first kappa shape index (κ1) is 18.1. The first-order valence-corrected chi connectivity index (χ1v) is 9.27. The monoisotopic (exact) mass is 392 g/mol. The highest BCUT2D eigenvalue weighted by Gasteiger charge is 2.22. The number of hydrazone groups is 1. The zero-order valence-electron chi connectivity index (χ0n) is 15.2. The maximum atomic E-state index is 13.3. The zero-order chi connectivity index (χ0) is 19.7. The summed E-state index contributed by atoms with van der Waals surface area (Å²) in [6, 6.07) is 12.9. The molecule has 0 amide bonds. The number of pyridine rings is 1. The molecule has 2 aromatic carbocycles. The molecule has 4 rings (SSSR count). The van der Waals surface area contributed by atoms with E-state index in [4.69, 9.17) is 17.1 Å². The number of hydrogen-bond acceptors (Lipinski definition) is 4. The first-order valence-electron chi connectivity index (χ1n) is 8.90. The molecule has 140 valence electrons. The van der Waals surface area contributed by atoms with Gasteiger partial charge in [0.05, 0.1) is 28.2 Å². The van der Waals surface area contributed by atoms with E-state index in [1.54, 1.807) is 29.7 Å². The summed E-state index contributed by atoms with van der Waals surface area (Å²) in [6.45, 7) is 2.35. The molecule has 0 radical (unpaired) electrons. The van der Waals surface area contributed by atoms with Gasteiger partial charge in [0.15, 0.2) is 0 Å². The lowest BCUT2D eigenvalue weighted by atomic mass is 9.97. The Morgan fingerprint density at radius 2 is 2.11 bits per heavy atom. The third-order valence-electron chi connectivity index (χ3n) is 4.85. The maximum Gasteiger partial charge on any atom is 0.260 e. The average molecular weight is 393 g/mol. The fourth-order valence-corrected chi connectivity index (χ4v) is 3.84. The lowest BCUT2D eigenvalue weighted by Gasteiger charge is -2.22. The number of aromatic nitrogens is 1. The third-order valence-corrected chi connectivity index (χ3v) is 5.09. The van der Waals surface area contributed by atoms with Gasteiger partial charge < -0.3 is 4.57 Å². The van der Waals surface area contributed by atoms with Crippen molar-refractivity contribution in [2.45, 2.75) is 26.3 Å². The summed E-state index contributed by atoms with van der Waals surface area (Å²) in [5, 5.41) is 9.55. The number of hydrogen-bond donors (Lipinski definition) is 1. The van der Waals surface area contributed by atoms with Gasteiger partial charge in [-0.25, -0.2) is 0 Å². The van der Waals surface area contributed by atoms with E-state index in [0.717, 1.165) is 29.3 Å². The molecule has 3 aromatic rings. The predicted octanol–water partition coefficient (Wildman–Crippen LogP) is 5.38. The molecule has 0 saturated carbocycles. The van der Waals surface area contributed by atoms with Gasteiger partial charge >= 0.3 is 0 Å². The standard InChI is InChI=1S/C20H17ClN6O/c1-12(23-24-15-8-3-7-14(21)11-15)17-18(25-26-22)16-9-2-5-13-6-4-10-27(19(13)16)20(17)28/h2-3,5,7-9,11,24H,4,6,10H2,1H3/b23-12+. The molecule has 1 aliphatic heterocycles. The van der Waals surface area contributed by atoms with Crippen LogP contribution < -0.4 is 11.0 Å². The number of nitrogens with zero attached hydrogens (tertiary/aromatic N) is 5. The summed E-state index contributed by atoms with van der Waals surface area (Å²) in [7, 11) is 0. The van der Waals surface area contributed by atoms with Crippen molar-refractivity contribution in [3.63, 3.8) is 0 Å². The van der Waals surface area contributed by atoms with Gasteiger partial charge in [-0.2, -0.15) is 5.10 Å². The van der Waals surface area contributed by atoms with Gasteiger partial charge in [-0.1, -0.05) is 41.0 Å². The smallest absolute Gasteiger partial charge is 0.260 e. The van der Waals surface area contributed by atoms with Crippen molar-refractivity contribution in [2.24, 2.45) is 10.2 Å². The van der Waals surface area contributed by atoms with Crippen LogP contribution in [0.15, 0.2) is 57.5 Å². The van der Waals surface area contributed by atoms with Gasteiger partial charge in [0.2, 0.25) is 0 Å². The number of nitrogens with one attached hydrogen (secondary N) is 1. The van der Waals surface area contributed by atoms with E-state index in [1.165, 1.54) is 0 Å². The number of azide groups is 1. The Labute approximate surface area is 165 Å². The van der Waals surface area contributed by atoms with Gasteiger partial charge in [-0.05, 0) is 49.1 Å². The Kier molecular flexibility index (Phi) is 4.77. The molecular weight excluding hydrogens is 376 g/mol. The molecule has 0 atom stereocenters. The molecule has 0 unspecified atom stereocenters. The number of para-hydroxylation sites is 1. The molecule has 8 heteroatoms. The van der Waals surface area contributed by atoms with E-state index in [9.17, 15) is 4.79 Å². The second-order valence-electron chi connectivity index (χ2n) is 6.61. The molecule has 0 saturated heterocycles. The number of anilines is 1. The summed E-state index contributed by atoms with van der Waals surface area (Å²) in [5.41, 5.74) is 15.5. The highest BCUT2D eigenvalue weighted by atomic mass is 35.5. The average Bonchev–Trinajstić information content (AvgIpc) is 2.70. The molecule has 0 fully saturated rings. The summed E-state index contributed by atoms with van der Waals surface area (Å²) < 4.78 is 1.76. The first-order chi connectivity index (χ1) is 13.6. The van der Waals surface area contributed by atoms with Gasteiger partial charge in [0.1, 0.15) is 0 Å². The lowest BCUT2D eigenvalue weighted by molar-refractivity contribution is 0.615. The topological polar surface area (TPSA) is 95.2 Å². The summed E-state index contributed by atoms with van der Waals surface area (Å²) in [5.74, 6) is 0. The van der Waals surface area contributed by atoms with Crippen molar-refractivity contribution in [1.82, 2.24) is 4.57 Å². The minimum Gasteiger partial charge on any atom is -0.307 e. The number of halogens is 1. The summed E-state index contributed by atoms with van der Waals surface area (Å²) in [4.78, 5) is 16.2. The predicted molar refractivity (Wildman–Crippen MR) is 113 cm³/mol. The van der Waals surface area contributed by atoms with Crippen molar-refractivity contribution < 1.29 is 0 Å². The van der Waals surface area contributed by atoms with Gasteiger partial charge in [0, 0.05) is 21.9 Å². The Morgan fingerprint density at radius 1 is 1.29 bits per heavy atom. The van der Waals surface area contributed by atoms with Crippen LogP contribution in [0.4, 0.5) is 11.4 Å². The fourth-order valence-electron chi connectivity index (χ4n) is 3.65. The van der Waals surface area contributed by atoms with Crippen LogP contribution in [0.5, 0.6) is 0 Å². The van der Waals surface area contributed by atoms with E-state index >= 15 is 0 Å². The molecule has 1 N–H and O–H groups in total. The molecule has 0 spiro atoms. The van der Waals surface area contributed by atoms with E-state index in [-0.39, 0.29) is 5.56 Å². The van der Waals surface area contributed by atoms with Crippen LogP contribution in [0.1, 0.15) is 24.5 Å². The number of aryl methyl sites for hydroxylation is 2. The molecule has 2 heterocycles. The van der Waals surface area contributed by atoms with Crippen LogP contribution in [-0.2, 0) is 13.0 Å². The Morgan fingerprint density at radius 3 is 2.89 bits per heavy atom. The van der Waals surface area contributed by atoms with Crippen molar-refractivity contribution in [2.75, 3.05) is 5.43 Å². The minimum absolute atomic E-state index is 0.198.